The molecule has 7 nitrogen and oxygen atoms in total. The molecular weight excluding hydrogens is 312 g/mol. The number of carboxylic acid groups (broad SMARTS) is 1. The van der Waals surface area contributed by atoms with Gasteiger partial charge in [0.1, 0.15) is 30.0 Å². The summed E-state index contributed by atoms with van der Waals surface area (Å²) < 4.78 is 33.5. The van der Waals surface area contributed by atoms with Crippen molar-refractivity contribution in [3.05, 3.63) is 29.3 Å². The van der Waals surface area contributed by atoms with E-state index in [4.69, 9.17) is 14.7 Å². The standard InChI is InChI=1S/C14H15F2N3O4/c1-22-7-4-9(15)11(10(16)5-7)8-6-19-2-3-23-18-13(19)12(8)17-14(20)21/h4-5,8,12,17H,2-3,6H2,1H3,(H,20,21)/t8-,12-/m0/s1. The lowest BCUT2D eigenvalue weighted by Gasteiger charge is -2.23. The van der Waals surface area contributed by atoms with Crippen molar-refractivity contribution in [2.24, 2.45) is 5.16 Å². The SMILES string of the molecule is COc1cc(F)c([C@@H]2CN3CCON=C3[C@H]2NC(=O)O)c(F)c1. The van der Waals surface area contributed by atoms with Crippen molar-refractivity contribution in [3.63, 3.8) is 0 Å². The topological polar surface area (TPSA) is 83.4 Å². The summed E-state index contributed by atoms with van der Waals surface area (Å²) in [4.78, 5) is 17.8. The second-order valence-electron chi connectivity index (χ2n) is 5.27. The first-order chi connectivity index (χ1) is 11.0. The lowest BCUT2D eigenvalue weighted by atomic mass is 9.92. The average Bonchev–Trinajstić information content (AvgIpc) is 2.84. The fourth-order valence-electron chi connectivity index (χ4n) is 2.99. The van der Waals surface area contributed by atoms with Crippen molar-refractivity contribution in [3.8, 4) is 5.75 Å². The minimum atomic E-state index is -1.30. The van der Waals surface area contributed by atoms with Gasteiger partial charge in [-0.25, -0.2) is 13.6 Å². The van der Waals surface area contributed by atoms with Crippen molar-refractivity contribution < 1.29 is 28.3 Å². The summed E-state index contributed by atoms with van der Waals surface area (Å²) in [6, 6.07) is 1.27. The zero-order valence-electron chi connectivity index (χ0n) is 12.3. The van der Waals surface area contributed by atoms with Gasteiger partial charge in [-0.05, 0) is 0 Å². The molecule has 23 heavy (non-hydrogen) atoms. The van der Waals surface area contributed by atoms with Crippen molar-refractivity contribution in [1.29, 1.82) is 0 Å². The number of halogens is 2. The summed E-state index contributed by atoms with van der Waals surface area (Å²) >= 11 is 0. The monoisotopic (exact) mass is 327 g/mol. The smallest absolute Gasteiger partial charge is 0.405 e. The Labute approximate surface area is 130 Å². The molecule has 1 aromatic rings. The van der Waals surface area contributed by atoms with Crippen LogP contribution in [0.1, 0.15) is 11.5 Å². The minimum Gasteiger partial charge on any atom is -0.497 e. The van der Waals surface area contributed by atoms with E-state index >= 15 is 0 Å². The number of fused-ring (bicyclic) bond motifs is 1. The van der Waals surface area contributed by atoms with Crippen LogP contribution in [0.25, 0.3) is 0 Å². The molecule has 2 atom stereocenters. The van der Waals surface area contributed by atoms with E-state index in [1.54, 1.807) is 4.90 Å². The highest BCUT2D eigenvalue weighted by Gasteiger charge is 2.44. The van der Waals surface area contributed by atoms with Crippen molar-refractivity contribution in [2.45, 2.75) is 12.0 Å². The highest BCUT2D eigenvalue weighted by Crippen LogP contribution is 2.35. The van der Waals surface area contributed by atoms with Crippen molar-refractivity contribution in [1.82, 2.24) is 10.2 Å². The maximum Gasteiger partial charge on any atom is 0.405 e. The zero-order chi connectivity index (χ0) is 16.6. The van der Waals surface area contributed by atoms with Gasteiger partial charge >= 0.3 is 6.09 Å². The third kappa shape index (κ3) is 2.73. The molecule has 0 aromatic heterocycles. The summed E-state index contributed by atoms with van der Waals surface area (Å²) in [5.74, 6) is -1.94. The van der Waals surface area contributed by atoms with E-state index in [1.807, 2.05) is 0 Å². The Hall–Kier alpha value is -2.58. The third-order valence-electron chi connectivity index (χ3n) is 3.97. The average molecular weight is 327 g/mol. The summed E-state index contributed by atoms with van der Waals surface area (Å²) in [6.45, 7) is 1.06. The van der Waals surface area contributed by atoms with Gasteiger partial charge in [-0.1, -0.05) is 5.16 Å². The number of carbonyl (C=O) groups is 1. The number of methoxy groups -OCH3 is 1. The molecule has 1 fully saturated rings. The largest absolute Gasteiger partial charge is 0.497 e. The van der Waals surface area contributed by atoms with Crippen LogP contribution in [0.4, 0.5) is 13.6 Å². The summed E-state index contributed by atoms with van der Waals surface area (Å²) in [7, 11) is 1.31. The Morgan fingerprint density at radius 3 is 2.78 bits per heavy atom. The second-order valence-corrected chi connectivity index (χ2v) is 5.27. The molecule has 2 N–H and O–H groups in total. The molecule has 0 spiro atoms. The number of amidine groups is 1. The van der Waals surface area contributed by atoms with E-state index in [9.17, 15) is 13.6 Å². The predicted octanol–water partition coefficient (Wildman–Crippen LogP) is 1.35. The number of amides is 1. The number of benzene rings is 1. The van der Waals surface area contributed by atoms with Crippen LogP contribution >= 0.6 is 0 Å². The number of rotatable bonds is 3. The molecule has 0 saturated carbocycles. The van der Waals surface area contributed by atoms with E-state index in [-0.39, 0.29) is 17.9 Å². The molecule has 1 amide bonds. The molecule has 3 rings (SSSR count). The molecule has 0 radical (unpaired) electrons. The second kappa shape index (κ2) is 5.90. The number of nitrogens with one attached hydrogen (secondary N) is 1. The third-order valence-corrected chi connectivity index (χ3v) is 3.97. The quantitative estimate of drug-likeness (QED) is 0.876. The van der Waals surface area contributed by atoms with Gasteiger partial charge in [-0.3, -0.25) is 0 Å². The van der Waals surface area contributed by atoms with Crippen LogP contribution in [-0.2, 0) is 4.84 Å². The number of oxime groups is 1. The van der Waals surface area contributed by atoms with E-state index in [2.05, 4.69) is 10.5 Å². The normalized spacial score (nSPS) is 22.9. The maximum atomic E-state index is 14.4. The Balaban J connectivity index is 2.02. The first-order valence-electron chi connectivity index (χ1n) is 6.98. The molecule has 2 aliphatic rings. The fraction of sp³-hybridized carbons (Fsp3) is 0.429. The zero-order valence-corrected chi connectivity index (χ0v) is 12.3. The summed E-state index contributed by atoms with van der Waals surface area (Å²) in [5, 5.41) is 15.1. The van der Waals surface area contributed by atoms with Crippen molar-refractivity contribution >= 4 is 11.9 Å². The Bertz CT molecular complexity index is 644. The molecule has 1 aromatic carbocycles. The predicted molar refractivity (Wildman–Crippen MR) is 75.6 cm³/mol. The van der Waals surface area contributed by atoms with Crippen LogP contribution in [-0.4, -0.2) is 54.8 Å². The molecule has 0 unspecified atom stereocenters. The summed E-state index contributed by atoms with van der Waals surface area (Å²) in [5.41, 5.74) is -0.193. The minimum absolute atomic E-state index is 0.0582. The van der Waals surface area contributed by atoms with E-state index in [0.29, 0.717) is 19.0 Å². The number of hydrogen-bond donors (Lipinski definition) is 2. The number of ether oxygens (including phenoxy) is 1. The van der Waals surface area contributed by atoms with Gasteiger partial charge in [0.25, 0.3) is 0 Å². The molecule has 2 heterocycles. The maximum absolute atomic E-state index is 14.4. The molecule has 0 bridgehead atoms. The summed E-state index contributed by atoms with van der Waals surface area (Å²) in [6.07, 6.45) is -1.30. The molecule has 1 saturated heterocycles. The molecule has 2 aliphatic heterocycles. The Morgan fingerprint density at radius 2 is 2.17 bits per heavy atom. The van der Waals surface area contributed by atoms with Gasteiger partial charge in [-0.2, -0.15) is 0 Å². The van der Waals surface area contributed by atoms with Gasteiger partial charge in [0, 0.05) is 30.2 Å². The van der Waals surface area contributed by atoms with Gasteiger partial charge < -0.3 is 24.9 Å². The van der Waals surface area contributed by atoms with Crippen LogP contribution < -0.4 is 10.1 Å². The highest BCUT2D eigenvalue weighted by atomic mass is 19.1. The highest BCUT2D eigenvalue weighted by molar-refractivity contribution is 5.93. The number of nitrogens with zero attached hydrogens (tertiary/aromatic N) is 2. The first-order valence-corrected chi connectivity index (χ1v) is 6.98. The van der Waals surface area contributed by atoms with Crippen LogP contribution in [0.2, 0.25) is 0 Å². The Kier molecular flexibility index (Phi) is 3.93. The molecule has 9 heteroatoms. The van der Waals surface area contributed by atoms with Gasteiger partial charge in [-0.15, -0.1) is 0 Å². The molecular formula is C14H15F2N3O4. The fourth-order valence-corrected chi connectivity index (χ4v) is 2.99. The van der Waals surface area contributed by atoms with Crippen LogP contribution in [0.5, 0.6) is 5.75 Å². The van der Waals surface area contributed by atoms with E-state index in [0.717, 1.165) is 12.1 Å². The van der Waals surface area contributed by atoms with E-state index < -0.39 is 29.7 Å². The lowest BCUT2D eigenvalue weighted by molar-refractivity contribution is 0.105. The lowest BCUT2D eigenvalue weighted by Crippen LogP contribution is -2.45. The van der Waals surface area contributed by atoms with Crippen LogP contribution in [0.3, 0.4) is 0 Å². The number of hydrogen-bond acceptors (Lipinski definition) is 5. The van der Waals surface area contributed by atoms with Crippen LogP contribution in [0, 0.1) is 11.6 Å². The first kappa shape index (κ1) is 15.3. The van der Waals surface area contributed by atoms with Crippen LogP contribution in [0.15, 0.2) is 17.3 Å². The van der Waals surface area contributed by atoms with E-state index in [1.165, 1.54) is 7.11 Å². The Morgan fingerprint density at radius 1 is 1.48 bits per heavy atom. The van der Waals surface area contributed by atoms with Gasteiger partial charge in [0.2, 0.25) is 0 Å². The van der Waals surface area contributed by atoms with Gasteiger partial charge in [0.05, 0.1) is 13.7 Å². The molecule has 0 aliphatic carbocycles. The molecule has 124 valence electrons. The van der Waals surface area contributed by atoms with Gasteiger partial charge in [0.15, 0.2) is 5.84 Å². The van der Waals surface area contributed by atoms with Crippen molar-refractivity contribution in [2.75, 3.05) is 26.8 Å².